The topological polar surface area (TPSA) is 26.0 Å². The summed E-state index contributed by atoms with van der Waals surface area (Å²) in [6.45, 7) is 0. The highest BCUT2D eigenvalue weighted by Gasteiger charge is 2.29. The van der Waals surface area contributed by atoms with Gasteiger partial charge in [0.05, 0.1) is 0 Å². The van der Waals surface area contributed by atoms with Gasteiger partial charge in [-0.1, -0.05) is 36.4 Å². The van der Waals surface area contributed by atoms with E-state index in [0.717, 1.165) is 18.4 Å². The first kappa shape index (κ1) is 11.4. The predicted molar refractivity (Wildman–Crippen MR) is 70.7 cm³/mol. The Kier molecular flexibility index (Phi) is 2.88. The summed E-state index contributed by atoms with van der Waals surface area (Å²) in [5.74, 6) is 0.209. The highest BCUT2D eigenvalue weighted by Crippen LogP contribution is 2.36. The highest BCUT2D eigenvalue weighted by molar-refractivity contribution is 5.36. The van der Waals surface area contributed by atoms with Gasteiger partial charge in [-0.3, -0.25) is 0 Å². The minimum atomic E-state index is -0.170. The molecule has 0 heterocycles. The van der Waals surface area contributed by atoms with Crippen LogP contribution >= 0.6 is 0 Å². The molecule has 1 aliphatic rings. The number of nitrogens with two attached hydrogens (primary N) is 1. The second kappa shape index (κ2) is 4.54. The second-order valence-electron chi connectivity index (χ2n) is 5.02. The van der Waals surface area contributed by atoms with Crippen LogP contribution in [0.15, 0.2) is 48.5 Å². The standard InChI is InChI=1S/C16H16FN/c17-14-6-3-4-11(9-14)8-13-10-12-5-1-2-7-15(12)16(13)18/h1-7,9,13,16H,8,10,18H2. The van der Waals surface area contributed by atoms with Crippen LogP contribution in [0.1, 0.15) is 22.7 Å². The van der Waals surface area contributed by atoms with Crippen molar-refractivity contribution in [3.63, 3.8) is 0 Å². The number of halogens is 1. The van der Waals surface area contributed by atoms with Gasteiger partial charge in [-0.15, -0.1) is 0 Å². The molecule has 92 valence electrons. The van der Waals surface area contributed by atoms with Crippen molar-refractivity contribution in [2.75, 3.05) is 0 Å². The predicted octanol–water partition coefficient (Wildman–Crippen LogP) is 3.24. The van der Waals surface area contributed by atoms with Gasteiger partial charge < -0.3 is 5.73 Å². The van der Waals surface area contributed by atoms with Gasteiger partial charge in [0.15, 0.2) is 0 Å². The van der Waals surface area contributed by atoms with Crippen LogP contribution in [-0.2, 0) is 12.8 Å². The fourth-order valence-electron chi connectivity index (χ4n) is 2.87. The first-order chi connectivity index (χ1) is 8.74. The normalized spacial score (nSPS) is 21.9. The summed E-state index contributed by atoms with van der Waals surface area (Å²) >= 11 is 0. The number of rotatable bonds is 2. The molecule has 0 fully saturated rings. The van der Waals surface area contributed by atoms with Gasteiger partial charge >= 0.3 is 0 Å². The number of hydrogen-bond acceptors (Lipinski definition) is 1. The molecule has 0 spiro atoms. The van der Waals surface area contributed by atoms with Crippen LogP contribution in [0.3, 0.4) is 0 Å². The molecule has 2 aromatic rings. The Bertz CT molecular complexity index is 565. The van der Waals surface area contributed by atoms with E-state index < -0.39 is 0 Å². The quantitative estimate of drug-likeness (QED) is 0.858. The lowest BCUT2D eigenvalue weighted by Crippen LogP contribution is -2.18. The highest BCUT2D eigenvalue weighted by atomic mass is 19.1. The third-order valence-electron chi connectivity index (χ3n) is 3.79. The van der Waals surface area contributed by atoms with Crippen molar-refractivity contribution >= 4 is 0 Å². The molecule has 2 aromatic carbocycles. The maximum absolute atomic E-state index is 13.2. The molecule has 0 saturated carbocycles. The third kappa shape index (κ3) is 2.04. The molecule has 0 saturated heterocycles. The molecule has 0 bridgehead atoms. The summed E-state index contributed by atoms with van der Waals surface area (Å²) in [5.41, 5.74) is 9.90. The fourth-order valence-corrected chi connectivity index (χ4v) is 2.87. The zero-order valence-electron chi connectivity index (χ0n) is 10.1. The Morgan fingerprint density at radius 2 is 1.94 bits per heavy atom. The molecular weight excluding hydrogens is 225 g/mol. The molecule has 2 N–H and O–H groups in total. The van der Waals surface area contributed by atoms with E-state index in [1.807, 2.05) is 12.1 Å². The molecule has 1 nitrogen and oxygen atoms in total. The summed E-state index contributed by atoms with van der Waals surface area (Å²) in [6.07, 6.45) is 1.83. The number of benzene rings is 2. The Hall–Kier alpha value is -1.67. The molecule has 2 atom stereocenters. The van der Waals surface area contributed by atoms with E-state index in [1.165, 1.54) is 17.2 Å². The van der Waals surface area contributed by atoms with Crippen LogP contribution < -0.4 is 5.73 Å². The molecule has 0 aliphatic heterocycles. The van der Waals surface area contributed by atoms with Crippen molar-refractivity contribution in [3.8, 4) is 0 Å². The molecule has 0 radical (unpaired) electrons. The van der Waals surface area contributed by atoms with Crippen LogP contribution in [0.4, 0.5) is 4.39 Å². The Morgan fingerprint density at radius 3 is 2.72 bits per heavy atom. The fraction of sp³-hybridized carbons (Fsp3) is 0.250. The van der Waals surface area contributed by atoms with E-state index in [4.69, 9.17) is 5.73 Å². The maximum Gasteiger partial charge on any atom is 0.123 e. The smallest absolute Gasteiger partial charge is 0.123 e. The van der Waals surface area contributed by atoms with E-state index in [-0.39, 0.29) is 11.9 Å². The van der Waals surface area contributed by atoms with E-state index >= 15 is 0 Å². The van der Waals surface area contributed by atoms with E-state index in [0.29, 0.717) is 5.92 Å². The van der Waals surface area contributed by atoms with Crippen LogP contribution in [0, 0.1) is 11.7 Å². The van der Waals surface area contributed by atoms with Gasteiger partial charge in [0.25, 0.3) is 0 Å². The number of hydrogen-bond donors (Lipinski definition) is 1. The van der Waals surface area contributed by atoms with Gasteiger partial charge in [0.2, 0.25) is 0 Å². The minimum Gasteiger partial charge on any atom is -0.324 e. The largest absolute Gasteiger partial charge is 0.324 e. The first-order valence-electron chi connectivity index (χ1n) is 6.32. The van der Waals surface area contributed by atoms with Crippen molar-refractivity contribution in [1.82, 2.24) is 0 Å². The Morgan fingerprint density at radius 1 is 1.11 bits per heavy atom. The molecule has 2 heteroatoms. The molecule has 0 aromatic heterocycles. The van der Waals surface area contributed by atoms with Crippen molar-refractivity contribution in [2.45, 2.75) is 18.9 Å². The second-order valence-corrected chi connectivity index (χ2v) is 5.02. The average molecular weight is 241 g/mol. The van der Waals surface area contributed by atoms with Gasteiger partial charge in [-0.25, -0.2) is 4.39 Å². The van der Waals surface area contributed by atoms with Crippen molar-refractivity contribution in [3.05, 3.63) is 71.0 Å². The zero-order valence-corrected chi connectivity index (χ0v) is 10.1. The molecule has 1 aliphatic carbocycles. The zero-order chi connectivity index (χ0) is 12.5. The van der Waals surface area contributed by atoms with Gasteiger partial charge in [0.1, 0.15) is 5.82 Å². The lowest BCUT2D eigenvalue weighted by atomic mass is 9.93. The van der Waals surface area contributed by atoms with E-state index in [9.17, 15) is 4.39 Å². The monoisotopic (exact) mass is 241 g/mol. The van der Waals surface area contributed by atoms with Crippen molar-refractivity contribution in [1.29, 1.82) is 0 Å². The Balaban J connectivity index is 1.81. The third-order valence-corrected chi connectivity index (χ3v) is 3.79. The molecule has 3 rings (SSSR count). The average Bonchev–Trinajstić information content (AvgIpc) is 2.67. The van der Waals surface area contributed by atoms with Crippen LogP contribution in [-0.4, -0.2) is 0 Å². The molecule has 0 amide bonds. The lowest BCUT2D eigenvalue weighted by molar-refractivity contribution is 0.463. The Labute approximate surface area is 106 Å². The summed E-state index contributed by atoms with van der Waals surface area (Å²) < 4.78 is 13.2. The SMILES string of the molecule is NC1c2ccccc2CC1Cc1cccc(F)c1. The summed E-state index contributed by atoms with van der Waals surface area (Å²) in [6, 6.07) is 15.2. The lowest BCUT2D eigenvalue weighted by Gasteiger charge is -2.16. The first-order valence-corrected chi connectivity index (χ1v) is 6.32. The summed E-state index contributed by atoms with van der Waals surface area (Å²) in [5, 5.41) is 0. The van der Waals surface area contributed by atoms with Gasteiger partial charge in [0, 0.05) is 6.04 Å². The maximum atomic E-state index is 13.2. The van der Waals surface area contributed by atoms with Crippen molar-refractivity contribution in [2.24, 2.45) is 11.7 Å². The van der Waals surface area contributed by atoms with E-state index in [1.54, 1.807) is 12.1 Å². The minimum absolute atomic E-state index is 0.0736. The van der Waals surface area contributed by atoms with Crippen LogP contribution in [0.2, 0.25) is 0 Å². The van der Waals surface area contributed by atoms with Crippen LogP contribution in [0.5, 0.6) is 0 Å². The van der Waals surface area contributed by atoms with Crippen molar-refractivity contribution < 1.29 is 4.39 Å². The summed E-state index contributed by atoms with van der Waals surface area (Å²) in [4.78, 5) is 0. The van der Waals surface area contributed by atoms with Gasteiger partial charge in [-0.2, -0.15) is 0 Å². The molecule has 2 unspecified atom stereocenters. The summed E-state index contributed by atoms with van der Waals surface area (Å²) in [7, 11) is 0. The van der Waals surface area contributed by atoms with E-state index in [2.05, 4.69) is 18.2 Å². The molecule has 18 heavy (non-hydrogen) atoms. The number of fused-ring (bicyclic) bond motifs is 1. The van der Waals surface area contributed by atoms with Gasteiger partial charge in [-0.05, 0) is 47.6 Å². The molecular formula is C16H16FN. The van der Waals surface area contributed by atoms with Crippen LogP contribution in [0.25, 0.3) is 0 Å².